The molecule has 140 valence electrons. The Morgan fingerprint density at radius 2 is 2.00 bits per heavy atom. The largest absolute Gasteiger partial charge is 0.350 e. The maximum absolute atomic E-state index is 12.4. The Hall–Kier alpha value is -1.59. The summed E-state index contributed by atoms with van der Waals surface area (Å²) in [5.74, 6) is 0.485. The number of hydrogen-bond donors (Lipinski definition) is 2. The molecule has 1 heterocycles. The van der Waals surface area contributed by atoms with Crippen LogP contribution < -0.4 is 16.0 Å². The molecule has 1 aliphatic heterocycles. The molecule has 0 spiro atoms. The van der Waals surface area contributed by atoms with Gasteiger partial charge in [0, 0.05) is 37.2 Å². The van der Waals surface area contributed by atoms with Crippen molar-refractivity contribution in [1.82, 2.24) is 5.32 Å². The van der Waals surface area contributed by atoms with Gasteiger partial charge in [-0.2, -0.15) is 0 Å². The molecule has 0 bridgehead atoms. The fourth-order valence-corrected chi connectivity index (χ4v) is 3.44. The predicted molar refractivity (Wildman–Crippen MR) is 104 cm³/mol. The molecule has 2 rings (SSSR count). The van der Waals surface area contributed by atoms with Crippen molar-refractivity contribution in [3.05, 3.63) is 29.8 Å². The van der Waals surface area contributed by atoms with Crippen LogP contribution in [0.1, 0.15) is 45.6 Å². The Morgan fingerprint density at radius 3 is 2.64 bits per heavy atom. The molecule has 1 unspecified atom stereocenters. The van der Waals surface area contributed by atoms with Crippen molar-refractivity contribution < 1.29 is 9.59 Å². The van der Waals surface area contributed by atoms with Crippen LogP contribution in [-0.2, 0) is 16.0 Å². The lowest BCUT2D eigenvalue weighted by Crippen LogP contribution is -2.52. The smallest absolute Gasteiger partial charge is 0.227 e. The minimum atomic E-state index is -0.394. The minimum Gasteiger partial charge on any atom is -0.350 e. The highest BCUT2D eigenvalue weighted by Crippen LogP contribution is 2.27. The quantitative estimate of drug-likeness (QED) is 0.777. The van der Waals surface area contributed by atoms with Gasteiger partial charge >= 0.3 is 0 Å². The zero-order chi connectivity index (χ0) is 17.7. The van der Waals surface area contributed by atoms with Crippen LogP contribution in [0.2, 0.25) is 0 Å². The first-order valence-corrected chi connectivity index (χ1v) is 8.74. The van der Waals surface area contributed by atoms with E-state index in [1.807, 2.05) is 31.2 Å². The summed E-state index contributed by atoms with van der Waals surface area (Å²) in [5.41, 5.74) is 7.56. The van der Waals surface area contributed by atoms with E-state index in [-0.39, 0.29) is 30.6 Å². The Kier molecular flexibility index (Phi) is 7.90. The number of halogens is 1. The number of fused-ring (bicyclic) bond motifs is 1. The molecule has 0 aliphatic carbocycles. The number of carbonyl (C=O) groups excluding carboxylic acids is 2. The minimum absolute atomic E-state index is 0. The normalized spacial score (nSPS) is 16.0. The number of aryl methyl sites for hydroxylation is 1. The first-order valence-electron chi connectivity index (χ1n) is 8.74. The third-order valence-electron chi connectivity index (χ3n) is 4.50. The highest BCUT2D eigenvalue weighted by molar-refractivity contribution is 5.97. The highest BCUT2D eigenvalue weighted by atomic mass is 35.5. The van der Waals surface area contributed by atoms with E-state index in [0.717, 1.165) is 18.5 Å². The van der Waals surface area contributed by atoms with Crippen LogP contribution >= 0.6 is 12.4 Å². The first kappa shape index (κ1) is 21.5. The van der Waals surface area contributed by atoms with Gasteiger partial charge in [0.05, 0.1) is 0 Å². The van der Waals surface area contributed by atoms with Crippen molar-refractivity contribution in [3.8, 4) is 0 Å². The maximum atomic E-state index is 12.4. The number of para-hydroxylation sites is 1. The van der Waals surface area contributed by atoms with Crippen LogP contribution in [0.15, 0.2) is 24.3 Å². The van der Waals surface area contributed by atoms with E-state index in [4.69, 9.17) is 5.73 Å². The predicted octanol–water partition coefficient (Wildman–Crippen LogP) is 2.66. The van der Waals surface area contributed by atoms with E-state index in [1.54, 1.807) is 4.90 Å². The Morgan fingerprint density at radius 1 is 1.32 bits per heavy atom. The molecule has 6 heteroatoms. The van der Waals surface area contributed by atoms with Gasteiger partial charge in [0.2, 0.25) is 11.8 Å². The molecule has 1 atom stereocenters. The van der Waals surface area contributed by atoms with E-state index in [2.05, 4.69) is 19.2 Å². The molecule has 2 amide bonds. The summed E-state index contributed by atoms with van der Waals surface area (Å²) < 4.78 is 0. The first-order chi connectivity index (χ1) is 11.3. The molecule has 3 N–H and O–H groups in total. The fourth-order valence-electron chi connectivity index (χ4n) is 3.44. The van der Waals surface area contributed by atoms with Crippen molar-refractivity contribution >= 4 is 29.9 Å². The number of nitrogens with one attached hydrogen (secondary N) is 1. The summed E-state index contributed by atoms with van der Waals surface area (Å²) in [5, 5.41) is 3.05. The molecule has 1 aliphatic rings. The van der Waals surface area contributed by atoms with Crippen LogP contribution in [0.3, 0.4) is 0 Å². The van der Waals surface area contributed by atoms with Crippen LogP contribution in [0.5, 0.6) is 0 Å². The number of rotatable bonds is 7. The molecule has 5 nitrogen and oxygen atoms in total. The molecule has 0 aromatic heterocycles. The van der Waals surface area contributed by atoms with Gasteiger partial charge in [-0.25, -0.2) is 0 Å². The van der Waals surface area contributed by atoms with Crippen molar-refractivity contribution in [2.75, 3.05) is 18.0 Å². The molecule has 0 fully saturated rings. The molecule has 0 saturated heterocycles. The Balaban J connectivity index is 0.00000312. The fraction of sp³-hybridized carbons (Fsp3) is 0.579. The van der Waals surface area contributed by atoms with Gasteiger partial charge < -0.3 is 16.0 Å². The van der Waals surface area contributed by atoms with Crippen molar-refractivity contribution in [1.29, 1.82) is 0 Å². The Bertz CT molecular complexity index is 606. The average molecular weight is 368 g/mol. The summed E-state index contributed by atoms with van der Waals surface area (Å²) in [4.78, 5) is 26.3. The second-order valence-corrected chi connectivity index (χ2v) is 7.34. The molecular weight excluding hydrogens is 338 g/mol. The van der Waals surface area contributed by atoms with Gasteiger partial charge in [-0.1, -0.05) is 32.0 Å². The molecule has 1 aromatic rings. The Labute approximate surface area is 156 Å². The molecule has 25 heavy (non-hydrogen) atoms. The van der Waals surface area contributed by atoms with E-state index in [9.17, 15) is 9.59 Å². The van der Waals surface area contributed by atoms with Gasteiger partial charge in [-0.15, -0.1) is 12.4 Å². The number of benzene rings is 1. The number of carbonyl (C=O) groups is 2. The monoisotopic (exact) mass is 367 g/mol. The van der Waals surface area contributed by atoms with Gasteiger partial charge in [-0.05, 0) is 37.3 Å². The second kappa shape index (κ2) is 9.20. The summed E-state index contributed by atoms with van der Waals surface area (Å²) in [7, 11) is 0. The third kappa shape index (κ3) is 5.72. The number of amides is 2. The zero-order valence-corrected chi connectivity index (χ0v) is 16.2. The summed E-state index contributed by atoms with van der Waals surface area (Å²) in [6.07, 6.45) is 2.40. The number of anilines is 1. The zero-order valence-electron chi connectivity index (χ0n) is 15.4. The van der Waals surface area contributed by atoms with Crippen LogP contribution in [0.4, 0.5) is 5.69 Å². The van der Waals surface area contributed by atoms with Crippen molar-refractivity contribution in [2.24, 2.45) is 11.7 Å². The maximum Gasteiger partial charge on any atom is 0.227 e. The lowest BCUT2D eigenvalue weighted by molar-refractivity contribution is -0.123. The lowest BCUT2D eigenvalue weighted by Gasteiger charge is -2.32. The SMILES string of the molecule is CC(C)CC(C)(CN)NC(=O)CCN1C(=O)CCc2ccccc21.Cl. The topological polar surface area (TPSA) is 75.4 Å². The molecule has 0 saturated carbocycles. The van der Waals surface area contributed by atoms with E-state index >= 15 is 0 Å². The second-order valence-electron chi connectivity index (χ2n) is 7.34. The van der Waals surface area contributed by atoms with E-state index in [0.29, 0.717) is 25.4 Å². The summed E-state index contributed by atoms with van der Waals surface area (Å²) in [6, 6.07) is 7.91. The summed E-state index contributed by atoms with van der Waals surface area (Å²) >= 11 is 0. The number of nitrogens with two attached hydrogens (primary N) is 1. The summed E-state index contributed by atoms with van der Waals surface area (Å²) in [6.45, 7) is 7.02. The molecule has 1 aromatic carbocycles. The number of nitrogens with zero attached hydrogens (tertiary/aromatic N) is 1. The van der Waals surface area contributed by atoms with Crippen LogP contribution in [0.25, 0.3) is 0 Å². The third-order valence-corrected chi connectivity index (χ3v) is 4.50. The molecule has 0 radical (unpaired) electrons. The standard InChI is InChI=1S/C19H29N3O2.ClH/c1-14(2)12-19(3,13-20)21-17(23)10-11-22-16-7-5-4-6-15(16)8-9-18(22)24;/h4-7,14H,8-13,20H2,1-3H3,(H,21,23);1H. The average Bonchev–Trinajstić information content (AvgIpc) is 2.53. The highest BCUT2D eigenvalue weighted by Gasteiger charge is 2.27. The van der Waals surface area contributed by atoms with Gasteiger partial charge in [0.15, 0.2) is 0 Å². The van der Waals surface area contributed by atoms with Gasteiger partial charge in [0.25, 0.3) is 0 Å². The van der Waals surface area contributed by atoms with Crippen molar-refractivity contribution in [2.45, 2.75) is 52.0 Å². The lowest BCUT2D eigenvalue weighted by atomic mass is 9.90. The van der Waals surface area contributed by atoms with Crippen molar-refractivity contribution in [3.63, 3.8) is 0 Å². The van der Waals surface area contributed by atoms with Gasteiger partial charge in [-0.3, -0.25) is 9.59 Å². The molecular formula is C19H30ClN3O2. The number of hydrogen-bond acceptors (Lipinski definition) is 3. The van der Waals surface area contributed by atoms with E-state index < -0.39 is 5.54 Å². The van der Waals surface area contributed by atoms with Gasteiger partial charge in [0.1, 0.15) is 0 Å². The van der Waals surface area contributed by atoms with Crippen LogP contribution in [0, 0.1) is 5.92 Å². The van der Waals surface area contributed by atoms with E-state index in [1.165, 1.54) is 5.56 Å². The van der Waals surface area contributed by atoms with Crippen LogP contribution in [-0.4, -0.2) is 30.4 Å².